The molecule has 0 bridgehead atoms. The predicted octanol–water partition coefficient (Wildman–Crippen LogP) is 3.68. The van der Waals surface area contributed by atoms with Gasteiger partial charge in [-0.15, -0.1) is 22.7 Å². The molecule has 1 aliphatic heterocycles. The van der Waals surface area contributed by atoms with Crippen LogP contribution in [0.15, 0.2) is 41.8 Å². The first-order chi connectivity index (χ1) is 12.7. The van der Waals surface area contributed by atoms with E-state index in [4.69, 9.17) is 9.47 Å². The number of hydrogen-bond donors (Lipinski definition) is 1. The van der Waals surface area contributed by atoms with Gasteiger partial charge in [-0.05, 0) is 37.6 Å². The molecule has 5 nitrogen and oxygen atoms in total. The summed E-state index contributed by atoms with van der Waals surface area (Å²) in [4.78, 5) is 19.2. The molecule has 0 radical (unpaired) electrons. The SMILES string of the molecule is Cc1nc(-c2ccc(CCNC(=O)C3COc4ccccc4O3)s2)cs1. The Bertz CT molecular complexity index is 919. The van der Waals surface area contributed by atoms with Crippen LogP contribution in [0.2, 0.25) is 0 Å². The number of carbonyl (C=O) groups excluding carboxylic acids is 1. The number of rotatable bonds is 5. The number of nitrogens with zero attached hydrogens (tertiary/aromatic N) is 1. The summed E-state index contributed by atoms with van der Waals surface area (Å²) < 4.78 is 11.3. The average Bonchev–Trinajstić information content (AvgIpc) is 3.30. The van der Waals surface area contributed by atoms with Crippen LogP contribution in [0.4, 0.5) is 0 Å². The Labute approximate surface area is 159 Å². The molecule has 1 N–H and O–H groups in total. The van der Waals surface area contributed by atoms with Crippen molar-refractivity contribution >= 4 is 28.6 Å². The number of aryl methyl sites for hydroxylation is 1. The van der Waals surface area contributed by atoms with Gasteiger partial charge in [0.15, 0.2) is 11.5 Å². The number of ether oxygens (including phenoxy) is 2. The van der Waals surface area contributed by atoms with Crippen LogP contribution in [-0.2, 0) is 11.2 Å². The molecular formula is C19H18N2O3S2. The molecule has 0 fully saturated rings. The molecule has 1 aliphatic rings. The third-order valence-corrected chi connectivity index (χ3v) is 5.95. The van der Waals surface area contributed by atoms with E-state index in [-0.39, 0.29) is 12.5 Å². The van der Waals surface area contributed by atoms with E-state index < -0.39 is 6.10 Å². The Morgan fingerprint density at radius 2 is 2.12 bits per heavy atom. The lowest BCUT2D eigenvalue weighted by Gasteiger charge is -2.25. The van der Waals surface area contributed by atoms with Crippen LogP contribution in [0.3, 0.4) is 0 Å². The Hall–Kier alpha value is -2.38. The van der Waals surface area contributed by atoms with Crippen LogP contribution in [0.25, 0.3) is 10.6 Å². The predicted molar refractivity (Wildman–Crippen MR) is 103 cm³/mol. The second-order valence-corrected chi connectivity index (χ2v) is 8.15. The average molecular weight is 386 g/mol. The number of benzene rings is 1. The fourth-order valence-corrected chi connectivity index (χ4v) is 4.35. The van der Waals surface area contributed by atoms with E-state index in [0.717, 1.165) is 22.0 Å². The third kappa shape index (κ3) is 3.73. The fourth-order valence-electron chi connectivity index (χ4n) is 2.70. The summed E-state index contributed by atoms with van der Waals surface area (Å²) in [6, 6.07) is 11.6. The molecule has 0 saturated heterocycles. The number of thiophene rings is 1. The highest BCUT2D eigenvalue weighted by atomic mass is 32.1. The largest absolute Gasteiger partial charge is 0.485 e. The van der Waals surface area contributed by atoms with Gasteiger partial charge in [0.2, 0.25) is 6.10 Å². The second kappa shape index (κ2) is 7.47. The maximum absolute atomic E-state index is 12.3. The lowest BCUT2D eigenvalue weighted by atomic mass is 10.2. The number of fused-ring (bicyclic) bond motifs is 1. The van der Waals surface area contributed by atoms with Gasteiger partial charge >= 0.3 is 0 Å². The van der Waals surface area contributed by atoms with Crippen LogP contribution < -0.4 is 14.8 Å². The van der Waals surface area contributed by atoms with Crippen molar-refractivity contribution in [2.24, 2.45) is 0 Å². The van der Waals surface area contributed by atoms with Gasteiger partial charge in [-0.2, -0.15) is 0 Å². The Morgan fingerprint density at radius 1 is 1.27 bits per heavy atom. The topological polar surface area (TPSA) is 60.5 Å². The van der Waals surface area contributed by atoms with Crippen molar-refractivity contribution in [2.45, 2.75) is 19.4 Å². The number of hydrogen-bond acceptors (Lipinski definition) is 6. The van der Waals surface area contributed by atoms with Gasteiger partial charge in [0, 0.05) is 16.8 Å². The molecule has 0 aliphatic carbocycles. The molecular weight excluding hydrogens is 368 g/mol. The highest BCUT2D eigenvalue weighted by Gasteiger charge is 2.26. The van der Waals surface area contributed by atoms with E-state index >= 15 is 0 Å². The quantitative estimate of drug-likeness (QED) is 0.727. The Kier molecular flexibility index (Phi) is 4.90. The zero-order valence-corrected chi connectivity index (χ0v) is 15.9. The summed E-state index contributed by atoms with van der Waals surface area (Å²) in [6.07, 6.45) is 0.172. The molecule has 1 amide bonds. The van der Waals surface area contributed by atoms with Crippen molar-refractivity contribution in [3.8, 4) is 22.1 Å². The summed E-state index contributed by atoms with van der Waals surface area (Å²) in [7, 11) is 0. The van der Waals surface area contributed by atoms with E-state index in [2.05, 4.69) is 27.8 Å². The third-order valence-electron chi connectivity index (χ3n) is 4.00. The number of para-hydroxylation sites is 2. The fraction of sp³-hybridized carbons (Fsp3) is 0.263. The molecule has 1 atom stereocenters. The number of thiazole rings is 1. The van der Waals surface area contributed by atoms with E-state index in [1.54, 1.807) is 22.7 Å². The molecule has 26 heavy (non-hydrogen) atoms. The van der Waals surface area contributed by atoms with E-state index in [1.165, 1.54) is 4.88 Å². The van der Waals surface area contributed by atoms with Crippen LogP contribution in [-0.4, -0.2) is 30.1 Å². The summed E-state index contributed by atoms with van der Waals surface area (Å²) in [5.74, 6) is 1.15. The molecule has 0 spiro atoms. The van der Waals surface area contributed by atoms with Gasteiger partial charge in [-0.1, -0.05) is 12.1 Å². The highest BCUT2D eigenvalue weighted by molar-refractivity contribution is 7.16. The van der Waals surface area contributed by atoms with Crippen molar-refractivity contribution < 1.29 is 14.3 Å². The van der Waals surface area contributed by atoms with E-state index in [9.17, 15) is 4.79 Å². The zero-order valence-electron chi connectivity index (χ0n) is 14.2. The first kappa shape index (κ1) is 17.1. The molecule has 1 unspecified atom stereocenters. The number of carbonyl (C=O) groups is 1. The first-order valence-electron chi connectivity index (χ1n) is 8.36. The van der Waals surface area contributed by atoms with Gasteiger partial charge in [0.1, 0.15) is 6.61 Å². The molecule has 1 aromatic carbocycles. The first-order valence-corrected chi connectivity index (χ1v) is 10.1. The molecule has 2 aromatic heterocycles. The van der Waals surface area contributed by atoms with Crippen molar-refractivity contribution in [2.75, 3.05) is 13.2 Å². The summed E-state index contributed by atoms with van der Waals surface area (Å²) in [6.45, 7) is 2.80. The lowest BCUT2D eigenvalue weighted by molar-refractivity contribution is -0.130. The van der Waals surface area contributed by atoms with Crippen LogP contribution in [0, 0.1) is 6.92 Å². The molecule has 3 heterocycles. The Balaban J connectivity index is 1.29. The minimum absolute atomic E-state index is 0.147. The summed E-state index contributed by atoms with van der Waals surface area (Å²) in [5, 5.41) is 6.08. The van der Waals surface area contributed by atoms with Crippen molar-refractivity contribution in [1.29, 1.82) is 0 Å². The maximum Gasteiger partial charge on any atom is 0.264 e. The zero-order chi connectivity index (χ0) is 17.9. The standard InChI is InChI=1S/C19H18N2O3S2/c1-12-21-14(11-25-12)18-7-6-13(26-18)8-9-20-19(22)17-10-23-15-4-2-3-5-16(15)24-17/h2-7,11,17H,8-10H2,1H3,(H,20,22). The van der Waals surface area contributed by atoms with Crippen LogP contribution >= 0.6 is 22.7 Å². The van der Waals surface area contributed by atoms with Crippen molar-refractivity contribution in [3.63, 3.8) is 0 Å². The van der Waals surface area contributed by atoms with Crippen molar-refractivity contribution in [3.05, 3.63) is 51.7 Å². The number of nitrogens with one attached hydrogen (secondary N) is 1. The maximum atomic E-state index is 12.3. The monoisotopic (exact) mass is 386 g/mol. The Morgan fingerprint density at radius 3 is 2.92 bits per heavy atom. The number of aromatic nitrogens is 1. The van der Waals surface area contributed by atoms with Gasteiger partial charge in [-0.25, -0.2) is 4.98 Å². The molecule has 0 saturated carbocycles. The van der Waals surface area contributed by atoms with Crippen molar-refractivity contribution in [1.82, 2.24) is 10.3 Å². The van der Waals surface area contributed by atoms with Crippen LogP contribution in [0.5, 0.6) is 11.5 Å². The normalized spacial score (nSPS) is 15.7. The smallest absolute Gasteiger partial charge is 0.264 e. The second-order valence-electron chi connectivity index (χ2n) is 5.92. The van der Waals surface area contributed by atoms with Gasteiger partial charge in [0.05, 0.1) is 15.6 Å². The van der Waals surface area contributed by atoms with Gasteiger partial charge in [0.25, 0.3) is 5.91 Å². The lowest BCUT2D eigenvalue weighted by Crippen LogP contribution is -2.44. The minimum Gasteiger partial charge on any atom is -0.485 e. The van der Waals surface area contributed by atoms with Gasteiger partial charge in [-0.3, -0.25) is 4.79 Å². The summed E-state index contributed by atoms with van der Waals surface area (Å²) >= 11 is 3.37. The van der Waals surface area contributed by atoms with Gasteiger partial charge < -0.3 is 14.8 Å². The molecule has 4 rings (SSSR count). The van der Waals surface area contributed by atoms with E-state index in [0.29, 0.717) is 18.0 Å². The molecule has 3 aromatic rings. The molecule has 7 heteroatoms. The highest BCUT2D eigenvalue weighted by Crippen LogP contribution is 2.31. The molecule has 134 valence electrons. The summed E-state index contributed by atoms with van der Waals surface area (Å²) in [5.41, 5.74) is 1.03. The van der Waals surface area contributed by atoms with Crippen LogP contribution in [0.1, 0.15) is 9.88 Å². The van der Waals surface area contributed by atoms with E-state index in [1.807, 2.05) is 31.2 Å². The number of amides is 1. The minimum atomic E-state index is -0.609.